The molecule has 0 aliphatic rings. The van der Waals surface area contributed by atoms with Gasteiger partial charge in [0.15, 0.2) is 0 Å². The molecule has 0 rings (SSSR count). The van der Waals surface area contributed by atoms with Crippen LogP contribution in [0.1, 0.15) is 48.0 Å². The highest BCUT2D eigenvalue weighted by Gasteiger charge is 2.39. The van der Waals surface area contributed by atoms with Crippen LogP contribution in [0.25, 0.3) is 0 Å². The minimum atomic E-state index is -5.55. The van der Waals surface area contributed by atoms with Crippen molar-refractivity contribution in [3.63, 3.8) is 0 Å². The molecule has 0 aromatic rings. The summed E-state index contributed by atoms with van der Waals surface area (Å²) in [5.74, 6) is -9.27. The number of hydrogen-bond acceptors (Lipinski definition) is 16. The molecular formula is C27H53N7O23P4. The summed E-state index contributed by atoms with van der Waals surface area (Å²) in [4.78, 5) is 165. The van der Waals surface area contributed by atoms with Crippen molar-refractivity contribution in [2.45, 2.75) is 96.4 Å². The number of phosphoric acid groups is 4. The van der Waals surface area contributed by atoms with E-state index in [4.69, 9.17) is 15.5 Å². The van der Waals surface area contributed by atoms with E-state index in [1.54, 1.807) is 13.8 Å². The van der Waals surface area contributed by atoms with Gasteiger partial charge in [-0.1, -0.05) is 27.7 Å². The van der Waals surface area contributed by atoms with Crippen LogP contribution in [0.4, 0.5) is 0 Å². The van der Waals surface area contributed by atoms with Crippen molar-refractivity contribution >= 4 is 73.0 Å². The third kappa shape index (κ3) is 24.9. The maximum absolute atomic E-state index is 13.7. The molecule has 0 radical (unpaired) electrons. The molecule has 34 heteroatoms. The van der Waals surface area contributed by atoms with E-state index in [2.05, 4.69) is 34.0 Å². The Morgan fingerprint density at radius 2 is 0.934 bits per heavy atom. The third-order valence-corrected chi connectivity index (χ3v) is 9.68. The molecule has 16 N–H and O–H groups in total. The summed E-state index contributed by atoms with van der Waals surface area (Å²) in [7, 11) is -21.6. The summed E-state index contributed by atoms with van der Waals surface area (Å²) in [5.41, 5.74) is 5.69. The number of aldehydes is 1. The van der Waals surface area contributed by atoms with Crippen LogP contribution in [0, 0.1) is 11.8 Å². The number of phosphoric ester groups is 4. The zero-order valence-electron chi connectivity index (χ0n) is 33.2. The van der Waals surface area contributed by atoms with Gasteiger partial charge in [0.2, 0.25) is 35.4 Å². The smallest absolute Gasteiger partial charge is 0.348 e. The topological polar surface area (TPSA) is 485 Å². The van der Waals surface area contributed by atoms with Gasteiger partial charge in [-0.05, 0) is 32.1 Å². The van der Waals surface area contributed by atoms with Crippen LogP contribution >= 0.6 is 31.3 Å². The molecule has 0 saturated carbocycles. The molecule has 0 spiro atoms. The van der Waals surface area contributed by atoms with Crippen molar-refractivity contribution in [1.29, 1.82) is 0 Å². The summed E-state index contributed by atoms with van der Waals surface area (Å²) < 4.78 is 63.6. The van der Waals surface area contributed by atoms with Crippen molar-refractivity contribution in [3.8, 4) is 0 Å². The first-order valence-electron chi connectivity index (χ1n) is 17.4. The Hall–Kier alpha value is -3.11. The van der Waals surface area contributed by atoms with Gasteiger partial charge in [-0.2, -0.15) is 0 Å². The number of hydrogen-bond donors (Lipinski definition) is 15. The fourth-order valence-corrected chi connectivity index (χ4v) is 6.49. The summed E-state index contributed by atoms with van der Waals surface area (Å²) in [6.07, 6.45) is -3.53. The van der Waals surface area contributed by atoms with Gasteiger partial charge in [0.25, 0.3) is 0 Å². The van der Waals surface area contributed by atoms with Crippen LogP contribution in [0.2, 0.25) is 0 Å². The van der Waals surface area contributed by atoms with Crippen LogP contribution in [0.5, 0.6) is 0 Å². The quantitative estimate of drug-likeness (QED) is 0.0258. The SMILES string of the molecule is CC(C)C[C@H](NC(=O)[C@H](COP(=O)(O)O)NC(=O)[C@@H](NC(=O)[C@H](COP(=O)(O)O)NC(=O)[C@@H](NC(=O)[C@@H](N)[C@@H](C)OP(=O)(O)O)C(C)C)[C@@H](C)OP(=O)(O)O)C(=O)NCC=O. The van der Waals surface area contributed by atoms with Gasteiger partial charge in [0.05, 0.1) is 32.0 Å². The lowest BCUT2D eigenvalue weighted by Gasteiger charge is -2.30. The van der Waals surface area contributed by atoms with E-state index >= 15 is 0 Å². The highest BCUT2D eigenvalue weighted by Crippen LogP contribution is 2.39. The van der Waals surface area contributed by atoms with Crippen molar-refractivity contribution in [3.05, 3.63) is 0 Å². The predicted octanol–water partition coefficient (Wildman–Crippen LogP) is -5.03. The standard InChI is InChI=1S/C27H53N7O23P4/c1-12(2)9-16(22(36)29-7-8-35)30-23(37)17(10-54-58(42,43)44)32-27(41)21(15(6)57-61(51,52)53)34-24(38)18(11-55-59(45,46)47)31-26(40)20(13(3)4)33-25(39)19(28)14(5)56-60(48,49)50/h8,12-21H,7,9-11,28H2,1-6H3,(H,29,36)(H,30,37)(H,31,40)(H,32,41)(H,33,39)(H,34,38)(H2,42,43,44)(H2,45,46,47)(H2,48,49,50)(H2,51,52,53)/t14-,15-,16+,17+,18+,19+,20+,21+/m1/s1. The molecular weight excluding hydrogens is 914 g/mol. The number of nitrogens with one attached hydrogen (secondary N) is 6. The van der Waals surface area contributed by atoms with Crippen LogP contribution in [-0.2, 0) is 69.9 Å². The maximum Gasteiger partial charge on any atom is 0.469 e. The molecule has 0 aromatic heterocycles. The first-order chi connectivity index (χ1) is 27.6. The lowest BCUT2D eigenvalue weighted by atomic mass is 10.0. The normalized spacial score (nSPS) is 16.5. The molecule has 0 unspecified atom stereocenters. The Morgan fingerprint density at radius 3 is 1.33 bits per heavy atom. The van der Waals surface area contributed by atoms with E-state index in [0.717, 1.165) is 13.8 Å². The number of nitrogens with two attached hydrogens (primary N) is 1. The molecule has 0 aliphatic carbocycles. The number of carbonyl (C=O) groups is 7. The van der Waals surface area contributed by atoms with Gasteiger partial charge in [-0.15, -0.1) is 0 Å². The van der Waals surface area contributed by atoms with Gasteiger partial charge in [-0.25, -0.2) is 18.3 Å². The zero-order valence-corrected chi connectivity index (χ0v) is 36.8. The van der Waals surface area contributed by atoms with E-state index in [1.807, 2.05) is 16.0 Å². The minimum Gasteiger partial charge on any atom is -0.348 e. The summed E-state index contributed by atoms with van der Waals surface area (Å²) in [6, 6.07) is -11.8. The predicted molar refractivity (Wildman–Crippen MR) is 202 cm³/mol. The molecule has 0 fully saturated rings. The molecule has 0 aromatic carbocycles. The van der Waals surface area contributed by atoms with Crippen LogP contribution in [0.3, 0.4) is 0 Å². The minimum absolute atomic E-state index is 0.0929. The first-order valence-corrected chi connectivity index (χ1v) is 23.6. The lowest BCUT2D eigenvalue weighted by molar-refractivity contribution is -0.137. The van der Waals surface area contributed by atoms with E-state index in [1.165, 1.54) is 13.8 Å². The average molecular weight is 968 g/mol. The molecule has 0 bridgehead atoms. The number of rotatable bonds is 28. The molecule has 0 aliphatic heterocycles. The molecule has 61 heavy (non-hydrogen) atoms. The summed E-state index contributed by atoms with van der Waals surface area (Å²) >= 11 is 0. The van der Waals surface area contributed by atoms with Gasteiger partial charge in [0.1, 0.15) is 42.5 Å². The van der Waals surface area contributed by atoms with Crippen LogP contribution < -0.4 is 37.6 Å². The molecule has 354 valence electrons. The second-order valence-electron chi connectivity index (χ2n) is 13.6. The third-order valence-electron chi connectivity index (χ3n) is 7.50. The first kappa shape index (κ1) is 57.9. The zero-order chi connectivity index (χ0) is 47.8. The average Bonchev–Trinajstić information content (AvgIpc) is 3.07. The van der Waals surface area contributed by atoms with Crippen LogP contribution in [0.15, 0.2) is 0 Å². The van der Waals surface area contributed by atoms with Crippen molar-refractivity contribution in [1.82, 2.24) is 31.9 Å². The van der Waals surface area contributed by atoms with Gasteiger partial charge in [-0.3, -0.25) is 46.9 Å². The fraction of sp³-hybridized carbons (Fsp3) is 0.741. The Kier molecular flexibility index (Phi) is 24.0. The van der Waals surface area contributed by atoms with Crippen molar-refractivity contribution < 1.29 is 109 Å². The Balaban J connectivity index is 6.89. The van der Waals surface area contributed by atoms with E-state index in [9.17, 15) is 81.2 Å². The second kappa shape index (κ2) is 25.3. The Morgan fingerprint density at radius 1 is 0.541 bits per heavy atom. The van der Waals surface area contributed by atoms with Crippen LogP contribution in [-0.4, -0.2) is 149 Å². The fourth-order valence-electron chi connectivity index (χ4n) is 4.68. The number of carbonyl (C=O) groups excluding carboxylic acids is 7. The molecule has 0 heterocycles. The second-order valence-corrected chi connectivity index (χ2v) is 18.5. The molecule has 6 amide bonds. The van der Waals surface area contributed by atoms with E-state index < -0.39 is 141 Å². The molecule has 0 saturated heterocycles. The van der Waals surface area contributed by atoms with E-state index in [0.29, 0.717) is 6.29 Å². The van der Waals surface area contributed by atoms with E-state index in [-0.39, 0.29) is 12.3 Å². The monoisotopic (exact) mass is 967 g/mol. The summed E-state index contributed by atoms with van der Waals surface area (Å²) in [6.45, 7) is 4.49. The maximum atomic E-state index is 13.7. The largest absolute Gasteiger partial charge is 0.469 e. The Bertz CT molecular complexity index is 1730. The Labute approximate surface area is 347 Å². The van der Waals surface area contributed by atoms with Crippen molar-refractivity contribution in [2.24, 2.45) is 17.6 Å². The highest BCUT2D eigenvalue weighted by atomic mass is 31.2. The van der Waals surface area contributed by atoms with Gasteiger partial charge < -0.3 is 81.6 Å². The molecule has 30 nitrogen and oxygen atoms in total. The highest BCUT2D eigenvalue weighted by molar-refractivity contribution is 7.47. The lowest BCUT2D eigenvalue weighted by Crippen LogP contribution is -2.63. The van der Waals surface area contributed by atoms with Gasteiger partial charge >= 0.3 is 31.3 Å². The van der Waals surface area contributed by atoms with Crippen molar-refractivity contribution in [2.75, 3.05) is 19.8 Å². The molecule has 8 atom stereocenters. The van der Waals surface area contributed by atoms with Gasteiger partial charge in [0, 0.05) is 0 Å². The summed E-state index contributed by atoms with van der Waals surface area (Å²) in [5, 5.41) is 12.3. The number of amides is 6.